The molecule has 0 fully saturated rings. The molecule has 0 aliphatic heterocycles. The Morgan fingerprint density at radius 1 is 1.29 bits per heavy atom. The van der Waals surface area contributed by atoms with Crippen LogP contribution in [-0.4, -0.2) is 22.4 Å². The second-order valence-corrected chi connectivity index (χ2v) is 4.28. The molecule has 0 spiro atoms. The number of phenols is 1. The molecule has 3 N–H and O–H groups in total. The normalized spacial score (nSPS) is 10.8. The highest BCUT2D eigenvalue weighted by Gasteiger charge is 2.15. The molecule has 0 unspecified atom stereocenters. The summed E-state index contributed by atoms with van der Waals surface area (Å²) in [6.45, 7) is 0.302. The van der Waals surface area contributed by atoms with Crippen molar-refractivity contribution >= 4 is 0 Å². The van der Waals surface area contributed by atoms with Crippen LogP contribution >= 0.6 is 0 Å². The number of phenolic OH excluding ortho intramolecular Hbond substituents is 1. The summed E-state index contributed by atoms with van der Waals surface area (Å²) < 4.78 is 15.7. The van der Waals surface area contributed by atoms with Gasteiger partial charge < -0.3 is 24.5 Å². The highest BCUT2D eigenvalue weighted by atomic mass is 16.5. The van der Waals surface area contributed by atoms with Crippen molar-refractivity contribution < 1.29 is 18.8 Å². The van der Waals surface area contributed by atoms with Crippen molar-refractivity contribution in [2.24, 2.45) is 5.73 Å². The van der Waals surface area contributed by atoms with Crippen molar-refractivity contribution in [2.45, 2.75) is 6.54 Å². The molecule has 108 valence electrons. The Kier molecular flexibility index (Phi) is 3.33. The number of nitrogens with zero attached hydrogens (tertiary/aromatic N) is 2. The smallest absolute Gasteiger partial charge is 0.293 e. The van der Waals surface area contributed by atoms with Gasteiger partial charge in [-0.05, 0) is 30.3 Å². The molecule has 0 bridgehead atoms. The second kappa shape index (κ2) is 5.29. The van der Waals surface area contributed by atoms with Crippen LogP contribution in [-0.2, 0) is 6.54 Å². The third kappa shape index (κ3) is 2.46. The van der Waals surface area contributed by atoms with Crippen molar-refractivity contribution in [3.8, 4) is 34.5 Å². The van der Waals surface area contributed by atoms with E-state index in [0.29, 0.717) is 35.2 Å². The summed E-state index contributed by atoms with van der Waals surface area (Å²) in [5.41, 5.74) is 6.14. The van der Waals surface area contributed by atoms with E-state index in [-0.39, 0.29) is 11.6 Å². The van der Waals surface area contributed by atoms with Crippen LogP contribution in [0, 0.1) is 0 Å². The van der Waals surface area contributed by atoms with Crippen LogP contribution in [0.4, 0.5) is 0 Å². The van der Waals surface area contributed by atoms with E-state index in [4.69, 9.17) is 19.4 Å². The molecule has 3 aromatic rings. The zero-order valence-electron chi connectivity index (χ0n) is 11.2. The Morgan fingerprint density at radius 2 is 2.14 bits per heavy atom. The lowest BCUT2D eigenvalue weighted by Gasteiger charge is -2.03. The standard InChI is InChI=1S/C14H13N3O4/c1-19-12-6-8(2-4-10(12)18)13-16-14(21-17-13)11-5-3-9(7-15)20-11/h2-6,18H,7,15H2,1H3. The summed E-state index contributed by atoms with van der Waals surface area (Å²) in [5, 5.41) is 13.5. The maximum Gasteiger partial charge on any atom is 0.293 e. The van der Waals surface area contributed by atoms with Crippen molar-refractivity contribution in [1.82, 2.24) is 10.1 Å². The van der Waals surface area contributed by atoms with Crippen molar-refractivity contribution in [3.63, 3.8) is 0 Å². The Labute approximate surface area is 120 Å². The SMILES string of the molecule is COc1cc(-c2noc(-c3ccc(CN)o3)n2)ccc1O. The minimum Gasteiger partial charge on any atom is -0.504 e. The predicted octanol–water partition coefficient (Wildman–Crippen LogP) is 2.17. The van der Waals surface area contributed by atoms with E-state index < -0.39 is 0 Å². The van der Waals surface area contributed by atoms with Gasteiger partial charge in [0.2, 0.25) is 5.82 Å². The number of rotatable bonds is 4. The summed E-state index contributed by atoms with van der Waals surface area (Å²) in [6, 6.07) is 8.26. The number of furan rings is 1. The fourth-order valence-corrected chi connectivity index (χ4v) is 1.86. The summed E-state index contributed by atoms with van der Waals surface area (Å²) in [5.74, 6) is 2.10. The molecule has 2 aromatic heterocycles. The van der Waals surface area contributed by atoms with Gasteiger partial charge >= 0.3 is 0 Å². The largest absolute Gasteiger partial charge is 0.504 e. The Balaban J connectivity index is 1.94. The molecule has 2 heterocycles. The van der Waals surface area contributed by atoms with E-state index in [9.17, 15) is 5.11 Å². The molecule has 1 aromatic carbocycles. The Morgan fingerprint density at radius 3 is 2.86 bits per heavy atom. The van der Waals surface area contributed by atoms with Gasteiger partial charge in [-0.25, -0.2) is 0 Å². The third-order valence-corrected chi connectivity index (χ3v) is 2.94. The Bertz CT molecular complexity index is 763. The molecule has 21 heavy (non-hydrogen) atoms. The fraction of sp³-hybridized carbons (Fsp3) is 0.143. The molecule has 0 radical (unpaired) electrons. The highest BCUT2D eigenvalue weighted by molar-refractivity contribution is 5.62. The number of hydrogen-bond acceptors (Lipinski definition) is 7. The molecule has 0 amide bonds. The van der Waals surface area contributed by atoms with E-state index in [0.717, 1.165) is 0 Å². The number of ether oxygens (including phenoxy) is 1. The first-order chi connectivity index (χ1) is 10.2. The predicted molar refractivity (Wildman–Crippen MR) is 73.5 cm³/mol. The van der Waals surface area contributed by atoms with Gasteiger partial charge in [0.1, 0.15) is 5.76 Å². The van der Waals surface area contributed by atoms with Crippen molar-refractivity contribution in [3.05, 3.63) is 36.1 Å². The summed E-state index contributed by atoms with van der Waals surface area (Å²) in [7, 11) is 1.47. The second-order valence-electron chi connectivity index (χ2n) is 4.28. The molecule has 0 saturated carbocycles. The maximum absolute atomic E-state index is 9.58. The molecule has 7 nitrogen and oxygen atoms in total. The molecule has 3 rings (SSSR count). The van der Waals surface area contributed by atoms with E-state index >= 15 is 0 Å². The van der Waals surface area contributed by atoms with Crippen molar-refractivity contribution in [2.75, 3.05) is 7.11 Å². The quantitative estimate of drug-likeness (QED) is 0.757. The molecular formula is C14H13N3O4. The highest BCUT2D eigenvalue weighted by Crippen LogP contribution is 2.31. The fourth-order valence-electron chi connectivity index (χ4n) is 1.86. The topological polar surface area (TPSA) is 108 Å². The zero-order valence-corrected chi connectivity index (χ0v) is 11.2. The van der Waals surface area contributed by atoms with Gasteiger partial charge in [0.25, 0.3) is 5.89 Å². The van der Waals surface area contributed by atoms with Crippen LogP contribution in [0.15, 0.2) is 39.3 Å². The number of benzene rings is 1. The van der Waals surface area contributed by atoms with Gasteiger partial charge in [-0.3, -0.25) is 0 Å². The van der Waals surface area contributed by atoms with E-state index in [2.05, 4.69) is 10.1 Å². The number of hydrogen-bond donors (Lipinski definition) is 2. The third-order valence-electron chi connectivity index (χ3n) is 2.94. The number of aromatic hydroxyl groups is 1. The van der Waals surface area contributed by atoms with Crippen LogP contribution in [0.3, 0.4) is 0 Å². The monoisotopic (exact) mass is 287 g/mol. The summed E-state index contributed by atoms with van der Waals surface area (Å²) in [6.07, 6.45) is 0. The van der Waals surface area contributed by atoms with Gasteiger partial charge in [0.05, 0.1) is 13.7 Å². The molecule has 0 aliphatic carbocycles. The van der Waals surface area contributed by atoms with E-state index in [1.54, 1.807) is 24.3 Å². The van der Waals surface area contributed by atoms with Crippen molar-refractivity contribution in [1.29, 1.82) is 0 Å². The van der Waals surface area contributed by atoms with Gasteiger partial charge in [-0.2, -0.15) is 4.98 Å². The van der Waals surface area contributed by atoms with Crippen LogP contribution in [0.2, 0.25) is 0 Å². The van der Waals surface area contributed by atoms with Crippen LogP contribution in [0.5, 0.6) is 11.5 Å². The lowest BCUT2D eigenvalue weighted by molar-refractivity contribution is 0.373. The lowest BCUT2D eigenvalue weighted by Crippen LogP contribution is -1.92. The summed E-state index contributed by atoms with van der Waals surface area (Å²) >= 11 is 0. The lowest BCUT2D eigenvalue weighted by atomic mass is 10.2. The number of aromatic nitrogens is 2. The van der Waals surface area contributed by atoms with Crippen LogP contribution in [0.25, 0.3) is 23.0 Å². The zero-order chi connectivity index (χ0) is 14.8. The molecule has 0 atom stereocenters. The molecule has 0 saturated heterocycles. The minimum atomic E-state index is 0.0450. The summed E-state index contributed by atoms with van der Waals surface area (Å²) in [4.78, 5) is 4.25. The van der Waals surface area contributed by atoms with Gasteiger partial charge in [0.15, 0.2) is 17.3 Å². The number of nitrogens with two attached hydrogens (primary N) is 1. The number of methoxy groups -OCH3 is 1. The first-order valence-corrected chi connectivity index (χ1v) is 6.21. The van der Waals surface area contributed by atoms with Gasteiger partial charge in [-0.15, -0.1) is 0 Å². The first-order valence-electron chi connectivity index (χ1n) is 6.21. The average Bonchev–Trinajstić information content (AvgIpc) is 3.16. The van der Waals surface area contributed by atoms with E-state index in [1.807, 2.05) is 0 Å². The minimum absolute atomic E-state index is 0.0450. The molecular weight excluding hydrogens is 274 g/mol. The van der Waals surface area contributed by atoms with Gasteiger partial charge in [0, 0.05) is 5.56 Å². The van der Waals surface area contributed by atoms with E-state index in [1.165, 1.54) is 13.2 Å². The Hall–Kier alpha value is -2.80. The van der Waals surface area contributed by atoms with Crippen LogP contribution < -0.4 is 10.5 Å². The van der Waals surface area contributed by atoms with Crippen LogP contribution in [0.1, 0.15) is 5.76 Å². The van der Waals surface area contributed by atoms with Gasteiger partial charge in [-0.1, -0.05) is 5.16 Å². The first kappa shape index (κ1) is 13.2. The maximum atomic E-state index is 9.58. The molecule has 0 aliphatic rings. The average molecular weight is 287 g/mol. The molecule has 7 heteroatoms.